The van der Waals surface area contributed by atoms with E-state index in [9.17, 15) is 9.59 Å². The van der Waals surface area contributed by atoms with Gasteiger partial charge in [0, 0.05) is 16.5 Å². The van der Waals surface area contributed by atoms with Crippen molar-refractivity contribution < 1.29 is 9.90 Å². The van der Waals surface area contributed by atoms with Crippen molar-refractivity contribution in [1.82, 2.24) is 9.97 Å². The van der Waals surface area contributed by atoms with Gasteiger partial charge in [-0.05, 0) is 0 Å². The van der Waals surface area contributed by atoms with Crippen LogP contribution in [0.1, 0.15) is 11.4 Å². The van der Waals surface area contributed by atoms with Crippen LogP contribution >= 0.6 is 22.7 Å². The van der Waals surface area contributed by atoms with Gasteiger partial charge >= 0.3 is 10.8 Å². The van der Waals surface area contributed by atoms with Gasteiger partial charge in [-0.2, -0.15) is 0 Å². The van der Waals surface area contributed by atoms with Gasteiger partial charge in [-0.15, -0.1) is 11.3 Å². The van der Waals surface area contributed by atoms with Crippen LogP contribution < -0.4 is 10.2 Å². The summed E-state index contributed by atoms with van der Waals surface area (Å²) in [6, 6.07) is 0. The number of thiazole rings is 2. The number of aromatic amines is 1. The van der Waals surface area contributed by atoms with Crippen LogP contribution in [-0.4, -0.2) is 21.0 Å². The summed E-state index contributed by atoms with van der Waals surface area (Å²) in [6.45, 7) is 0.471. The topological polar surface area (TPSA) is 95.1 Å². The second-order valence-electron chi connectivity index (χ2n) is 3.24. The summed E-state index contributed by atoms with van der Waals surface area (Å²) >= 11 is 2.45. The molecular weight excluding hydrogens is 262 g/mol. The lowest BCUT2D eigenvalue weighted by molar-refractivity contribution is -0.136. The summed E-state index contributed by atoms with van der Waals surface area (Å²) in [4.78, 5) is 28.0. The Balaban J connectivity index is 1.93. The minimum Gasteiger partial charge on any atom is -0.481 e. The SMILES string of the molecule is O=C(O)Cc1csc(NCc2csc(=O)[nH]2)n1. The van der Waals surface area contributed by atoms with Gasteiger partial charge in [0.15, 0.2) is 5.13 Å². The molecule has 2 aromatic rings. The fraction of sp³-hybridized carbons (Fsp3) is 0.222. The average molecular weight is 271 g/mol. The third-order valence-corrected chi connectivity index (χ3v) is 3.45. The standard InChI is InChI=1S/C9H9N3O3S2/c13-7(14)1-5-3-16-8(11-5)10-2-6-4-17-9(15)12-6/h3-4H,1-2H2,(H,10,11)(H,12,15)(H,13,14). The summed E-state index contributed by atoms with van der Waals surface area (Å²) in [6.07, 6.45) is -0.0759. The summed E-state index contributed by atoms with van der Waals surface area (Å²) in [7, 11) is 0. The zero-order valence-electron chi connectivity index (χ0n) is 8.60. The van der Waals surface area contributed by atoms with Gasteiger partial charge in [-0.1, -0.05) is 11.3 Å². The van der Waals surface area contributed by atoms with Gasteiger partial charge in [0.05, 0.1) is 18.7 Å². The Morgan fingerprint density at radius 1 is 1.47 bits per heavy atom. The number of aliphatic carboxylic acids is 1. The van der Waals surface area contributed by atoms with Gasteiger partial charge in [-0.25, -0.2) is 4.98 Å². The van der Waals surface area contributed by atoms with E-state index in [2.05, 4.69) is 15.3 Å². The number of aromatic nitrogens is 2. The van der Waals surface area contributed by atoms with Crippen LogP contribution in [-0.2, 0) is 17.8 Å². The first kappa shape index (κ1) is 11.8. The average Bonchev–Trinajstić information content (AvgIpc) is 2.84. The van der Waals surface area contributed by atoms with Crippen LogP contribution in [0.5, 0.6) is 0 Å². The molecule has 0 atom stereocenters. The Kier molecular flexibility index (Phi) is 3.55. The lowest BCUT2D eigenvalue weighted by Gasteiger charge is -1.98. The first-order valence-corrected chi connectivity index (χ1v) is 6.46. The summed E-state index contributed by atoms with van der Waals surface area (Å²) in [5, 5.41) is 15.7. The van der Waals surface area contributed by atoms with E-state index in [1.807, 2.05) is 0 Å². The van der Waals surface area contributed by atoms with Gasteiger partial charge < -0.3 is 15.4 Å². The molecule has 6 nitrogen and oxygen atoms in total. The highest BCUT2D eigenvalue weighted by Crippen LogP contribution is 2.16. The molecule has 3 N–H and O–H groups in total. The molecule has 0 unspecified atom stereocenters. The molecule has 0 saturated heterocycles. The maximum Gasteiger partial charge on any atom is 0.309 e. The molecule has 0 aliphatic heterocycles. The largest absolute Gasteiger partial charge is 0.481 e. The number of hydrogen-bond acceptors (Lipinski definition) is 6. The van der Waals surface area contributed by atoms with Crippen LogP contribution in [0, 0.1) is 0 Å². The van der Waals surface area contributed by atoms with Crippen molar-refractivity contribution in [2.24, 2.45) is 0 Å². The van der Waals surface area contributed by atoms with Crippen LogP contribution in [0.25, 0.3) is 0 Å². The van der Waals surface area contributed by atoms with E-state index >= 15 is 0 Å². The predicted molar refractivity (Wildman–Crippen MR) is 65.7 cm³/mol. The number of carboxylic acids is 1. The van der Waals surface area contributed by atoms with E-state index in [0.717, 1.165) is 17.0 Å². The van der Waals surface area contributed by atoms with E-state index in [4.69, 9.17) is 5.11 Å². The number of rotatable bonds is 5. The maximum absolute atomic E-state index is 10.9. The molecular formula is C9H9N3O3S2. The smallest absolute Gasteiger partial charge is 0.309 e. The van der Waals surface area contributed by atoms with Gasteiger partial charge in [0.2, 0.25) is 0 Å². The van der Waals surface area contributed by atoms with Gasteiger partial charge in [0.1, 0.15) is 0 Å². The molecule has 2 heterocycles. The van der Waals surface area contributed by atoms with Gasteiger partial charge in [0.25, 0.3) is 0 Å². The molecule has 0 aromatic carbocycles. The summed E-state index contributed by atoms with van der Waals surface area (Å²) in [5.41, 5.74) is 1.32. The molecule has 17 heavy (non-hydrogen) atoms. The van der Waals surface area contributed by atoms with Crippen molar-refractivity contribution in [3.8, 4) is 0 Å². The minimum absolute atomic E-state index is 0.0759. The number of H-pyrrole nitrogens is 1. The first-order chi connectivity index (χ1) is 8.13. The second-order valence-corrected chi connectivity index (χ2v) is 4.94. The third-order valence-electron chi connectivity index (χ3n) is 1.88. The van der Waals surface area contributed by atoms with Crippen LogP contribution in [0.4, 0.5) is 5.13 Å². The van der Waals surface area contributed by atoms with Crippen LogP contribution in [0.15, 0.2) is 15.6 Å². The second kappa shape index (κ2) is 5.11. The zero-order valence-corrected chi connectivity index (χ0v) is 10.2. The Bertz CT molecular complexity index is 572. The van der Waals surface area contributed by atoms with E-state index in [-0.39, 0.29) is 11.3 Å². The Morgan fingerprint density at radius 2 is 2.29 bits per heavy atom. The quantitative estimate of drug-likeness (QED) is 0.757. The Morgan fingerprint density at radius 3 is 2.94 bits per heavy atom. The molecule has 0 spiro atoms. The van der Waals surface area contributed by atoms with Crippen LogP contribution in [0.2, 0.25) is 0 Å². The van der Waals surface area contributed by atoms with Crippen LogP contribution in [0.3, 0.4) is 0 Å². The van der Waals surface area contributed by atoms with Crippen molar-refractivity contribution in [3.63, 3.8) is 0 Å². The molecule has 0 amide bonds. The van der Waals surface area contributed by atoms with Crippen molar-refractivity contribution >= 4 is 33.8 Å². The van der Waals surface area contributed by atoms with E-state index in [1.165, 1.54) is 11.3 Å². The predicted octanol–water partition coefficient (Wildman–Crippen LogP) is 1.13. The summed E-state index contributed by atoms with van der Waals surface area (Å²) in [5.74, 6) is -0.899. The number of hydrogen-bond donors (Lipinski definition) is 3. The molecule has 0 aliphatic carbocycles. The molecule has 0 bridgehead atoms. The molecule has 0 saturated carbocycles. The number of nitrogens with one attached hydrogen (secondary N) is 2. The molecule has 0 fully saturated rings. The van der Waals surface area contributed by atoms with Crippen molar-refractivity contribution in [3.05, 3.63) is 31.8 Å². The molecule has 0 aliphatic rings. The number of carboxylic acid groups (broad SMARTS) is 1. The highest BCUT2D eigenvalue weighted by Gasteiger charge is 2.06. The normalized spacial score (nSPS) is 10.4. The molecule has 2 rings (SSSR count). The minimum atomic E-state index is -0.899. The highest BCUT2D eigenvalue weighted by molar-refractivity contribution is 7.13. The first-order valence-electron chi connectivity index (χ1n) is 4.70. The third kappa shape index (κ3) is 3.40. The Hall–Kier alpha value is -1.67. The van der Waals surface area contributed by atoms with E-state index < -0.39 is 5.97 Å². The fourth-order valence-corrected chi connectivity index (χ4v) is 2.49. The monoisotopic (exact) mass is 271 g/mol. The number of carbonyl (C=O) groups is 1. The maximum atomic E-state index is 10.9. The zero-order chi connectivity index (χ0) is 12.3. The fourth-order valence-electron chi connectivity index (χ4n) is 1.20. The number of nitrogens with zero attached hydrogens (tertiary/aromatic N) is 1. The van der Waals surface area contributed by atoms with Crippen molar-refractivity contribution in [1.29, 1.82) is 0 Å². The molecule has 8 heteroatoms. The Labute approximate surface area is 104 Å². The molecule has 0 radical (unpaired) electrons. The molecule has 90 valence electrons. The van der Waals surface area contributed by atoms with Crippen molar-refractivity contribution in [2.75, 3.05) is 5.32 Å². The lowest BCUT2D eigenvalue weighted by Crippen LogP contribution is -2.03. The summed E-state index contributed by atoms with van der Waals surface area (Å²) < 4.78 is 0. The van der Waals surface area contributed by atoms with E-state index in [0.29, 0.717) is 17.4 Å². The highest BCUT2D eigenvalue weighted by atomic mass is 32.1. The van der Waals surface area contributed by atoms with E-state index in [1.54, 1.807) is 10.8 Å². The molecule has 2 aromatic heterocycles. The number of anilines is 1. The van der Waals surface area contributed by atoms with Crippen molar-refractivity contribution in [2.45, 2.75) is 13.0 Å². The van der Waals surface area contributed by atoms with Gasteiger partial charge in [-0.3, -0.25) is 9.59 Å². The lowest BCUT2D eigenvalue weighted by atomic mass is 10.3.